The zero-order valence-electron chi connectivity index (χ0n) is 18.2. The average molecular weight is 586 g/mol. The third kappa shape index (κ3) is 9.95. The number of halogens is 6. The van der Waals surface area contributed by atoms with Crippen LogP contribution in [0.3, 0.4) is 0 Å². The predicted octanol–water partition coefficient (Wildman–Crippen LogP) is 3.72. The van der Waals surface area contributed by atoms with Gasteiger partial charge >= 0.3 is 31.3 Å². The number of hydrogen-bond donors (Lipinski definition) is 0. The largest absolute Gasteiger partial charge is 0.536 e. The first-order valence-electron chi connectivity index (χ1n) is 9.22. The first kappa shape index (κ1) is 31.7. The highest BCUT2D eigenvalue weighted by Crippen LogP contribution is 2.25. The highest BCUT2D eigenvalue weighted by atomic mass is 32.2. The van der Waals surface area contributed by atoms with Crippen LogP contribution in [0.5, 0.6) is 5.75 Å². The molecular weight excluding hydrogens is 574 g/mol. The number of nitrogens with zero attached hydrogens (tertiary/aromatic N) is 4. The van der Waals surface area contributed by atoms with Gasteiger partial charge in [0.05, 0.1) is 12.5 Å². The first-order valence-corrected chi connectivity index (χ1v) is 12.0. The molecule has 0 unspecified atom stereocenters. The molecule has 0 amide bonds. The third-order valence-electron chi connectivity index (χ3n) is 3.53. The molecule has 2 rings (SSSR count). The van der Waals surface area contributed by atoms with Gasteiger partial charge in [-0.25, -0.2) is 0 Å². The minimum Gasteiger partial charge on any atom is -0.442 e. The Morgan fingerprint density at radius 2 is 1.37 bits per heavy atom. The number of nitriles is 2. The van der Waals surface area contributed by atoms with Crippen molar-refractivity contribution >= 4 is 32.3 Å². The van der Waals surface area contributed by atoms with Crippen LogP contribution in [0.2, 0.25) is 0 Å². The number of ether oxygens (including phenoxy) is 1. The van der Waals surface area contributed by atoms with Crippen molar-refractivity contribution < 1.29 is 56.5 Å². The van der Waals surface area contributed by atoms with Crippen molar-refractivity contribution in [3.63, 3.8) is 0 Å². The van der Waals surface area contributed by atoms with Crippen molar-refractivity contribution in [2.75, 3.05) is 0 Å². The van der Waals surface area contributed by atoms with Crippen LogP contribution in [-0.2, 0) is 35.2 Å². The van der Waals surface area contributed by atoms with Crippen molar-refractivity contribution in [1.29, 1.82) is 10.5 Å². The van der Waals surface area contributed by atoms with E-state index in [-0.39, 0.29) is 17.7 Å². The highest BCUT2D eigenvalue weighted by Gasteiger charge is 2.49. The van der Waals surface area contributed by atoms with Gasteiger partial charge in [0.1, 0.15) is 11.8 Å². The summed E-state index contributed by atoms with van der Waals surface area (Å²) in [6.45, 7) is 0. The van der Waals surface area contributed by atoms with Gasteiger partial charge in [0.25, 0.3) is 0 Å². The van der Waals surface area contributed by atoms with Crippen molar-refractivity contribution in [3.05, 3.63) is 65.7 Å². The molecule has 0 saturated carbocycles. The van der Waals surface area contributed by atoms with Crippen LogP contribution in [0.15, 0.2) is 64.9 Å². The SMILES string of the molecule is N#CC(=NOS(=O)(=O)C(F)(F)F)c1ccccc1.N#CCc1ccc(OC=NOS(=O)(=O)C(F)(F)F)cc1. The molecule has 0 aromatic heterocycles. The van der Waals surface area contributed by atoms with E-state index in [9.17, 15) is 43.2 Å². The lowest BCUT2D eigenvalue weighted by molar-refractivity contribution is -0.0545. The smallest absolute Gasteiger partial charge is 0.442 e. The quantitative estimate of drug-likeness (QED) is 0.147. The van der Waals surface area contributed by atoms with Crippen molar-refractivity contribution in [1.82, 2.24) is 0 Å². The summed E-state index contributed by atoms with van der Waals surface area (Å²) in [4.78, 5) is 0. The first-order chi connectivity index (χ1) is 17.5. The summed E-state index contributed by atoms with van der Waals surface area (Å²) >= 11 is 0. The Hall–Kier alpha value is -4.36. The van der Waals surface area contributed by atoms with E-state index in [0.29, 0.717) is 12.0 Å². The Balaban J connectivity index is 0.000000382. The van der Waals surface area contributed by atoms with Crippen LogP contribution in [0.1, 0.15) is 11.1 Å². The van der Waals surface area contributed by atoms with Gasteiger partial charge in [-0.2, -0.15) is 53.7 Å². The second kappa shape index (κ2) is 13.3. The lowest BCUT2D eigenvalue weighted by Gasteiger charge is -2.04. The molecule has 0 N–H and O–H groups in total. The van der Waals surface area contributed by atoms with Crippen molar-refractivity contribution in [2.24, 2.45) is 10.3 Å². The van der Waals surface area contributed by atoms with Crippen LogP contribution >= 0.6 is 0 Å². The van der Waals surface area contributed by atoms with Crippen LogP contribution in [0.25, 0.3) is 0 Å². The molecule has 2 aromatic rings. The van der Waals surface area contributed by atoms with Gasteiger partial charge in [0.15, 0.2) is 5.71 Å². The normalized spacial score (nSPS) is 12.5. The molecule has 204 valence electrons. The molecule has 0 spiro atoms. The van der Waals surface area contributed by atoms with Crippen LogP contribution in [0.4, 0.5) is 26.3 Å². The predicted molar refractivity (Wildman–Crippen MR) is 116 cm³/mol. The summed E-state index contributed by atoms with van der Waals surface area (Å²) in [6.07, 6.45) is 0.601. The molecule has 2 aromatic carbocycles. The molecule has 0 radical (unpaired) electrons. The zero-order chi connectivity index (χ0) is 29.0. The number of rotatable bonds is 8. The van der Waals surface area contributed by atoms with Gasteiger partial charge in [-0.3, -0.25) is 8.57 Å². The van der Waals surface area contributed by atoms with E-state index in [2.05, 4.69) is 18.9 Å². The van der Waals surface area contributed by atoms with Crippen LogP contribution in [-0.4, -0.2) is 40.0 Å². The molecule has 38 heavy (non-hydrogen) atoms. The minimum atomic E-state index is -5.85. The molecule has 0 fully saturated rings. The molecule has 0 atom stereocenters. The summed E-state index contributed by atoms with van der Waals surface area (Å²) in [5, 5.41) is 22.3. The molecule has 0 bridgehead atoms. The molecule has 11 nitrogen and oxygen atoms in total. The van der Waals surface area contributed by atoms with E-state index in [1.165, 1.54) is 42.5 Å². The van der Waals surface area contributed by atoms with E-state index in [1.54, 1.807) is 18.2 Å². The number of hydrogen-bond acceptors (Lipinski definition) is 11. The maximum Gasteiger partial charge on any atom is 0.536 e. The number of benzene rings is 2. The lowest BCUT2D eigenvalue weighted by atomic mass is 10.1. The van der Waals surface area contributed by atoms with Gasteiger partial charge in [0, 0.05) is 5.56 Å². The second-order valence-corrected chi connectivity index (χ2v) is 9.21. The van der Waals surface area contributed by atoms with E-state index in [0.717, 1.165) is 0 Å². The topological polar surface area (TPSA) is 168 Å². The van der Waals surface area contributed by atoms with E-state index in [1.807, 2.05) is 6.07 Å². The maximum absolute atomic E-state index is 11.9. The summed E-state index contributed by atoms with van der Waals surface area (Å²) in [5.41, 5.74) is -10.9. The fourth-order valence-electron chi connectivity index (χ4n) is 1.84. The number of oxime groups is 2. The van der Waals surface area contributed by atoms with Gasteiger partial charge in [-0.05, 0) is 22.9 Å². The van der Waals surface area contributed by atoms with Gasteiger partial charge in [0.2, 0.25) is 6.40 Å². The summed E-state index contributed by atoms with van der Waals surface area (Å²) < 4.78 is 125. The Bertz CT molecular complexity index is 1430. The Labute approximate surface area is 211 Å². The maximum atomic E-state index is 11.9. The summed E-state index contributed by atoms with van der Waals surface area (Å²) in [5.74, 6) is 0.184. The highest BCUT2D eigenvalue weighted by molar-refractivity contribution is 7.87. The van der Waals surface area contributed by atoms with E-state index >= 15 is 0 Å². The monoisotopic (exact) mass is 586 g/mol. The summed E-state index contributed by atoms with van der Waals surface area (Å²) in [6, 6.07) is 16.7. The molecule has 0 heterocycles. The van der Waals surface area contributed by atoms with Crippen LogP contribution < -0.4 is 4.74 Å². The molecule has 0 saturated heterocycles. The third-order valence-corrected chi connectivity index (χ3v) is 5.21. The Morgan fingerprint density at radius 3 is 1.84 bits per heavy atom. The van der Waals surface area contributed by atoms with Gasteiger partial charge < -0.3 is 4.74 Å². The number of alkyl halides is 6. The fourth-order valence-corrected chi connectivity index (χ4v) is 2.33. The van der Waals surface area contributed by atoms with Gasteiger partial charge in [-0.1, -0.05) is 47.6 Å². The van der Waals surface area contributed by atoms with Gasteiger partial charge in [-0.15, -0.1) is 0 Å². The second-order valence-electron chi connectivity index (χ2n) is 6.17. The molecule has 0 aliphatic carbocycles. The van der Waals surface area contributed by atoms with Crippen molar-refractivity contribution in [2.45, 2.75) is 17.4 Å². The fraction of sp³-hybridized carbons (Fsp3) is 0.158. The molecular formula is C19H12F6N4O7S2. The summed E-state index contributed by atoms with van der Waals surface area (Å²) in [7, 11) is -11.6. The van der Waals surface area contributed by atoms with Crippen LogP contribution in [0, 0.1) is 22.7 Å². The molecule has 0 aliphatic rings. The minimum absolute atomic E-state index is 0.136. The van der Waals surface area contributed by atoms with E-state index in [4.69, 9.17) is 15.3 Å². The molecule has 19 heteroatoms. The Morgan fingerprint density at radius 1 is 0.842 bits per heavy atom. The lowest BCUT2D eigenvalue weighted by Crippen LogP contribution is -2.24. The van der Waals surface area contributed by atoms with Crippen molar-refractivity contribution in [3.8, 4) is 17.9 Å². The Kier molecular flexibility index (Phi) is 11.1. The standard InChI is InChI=1S/C10H7F3N2O4S.C9H5F3N2O3S/c11-10(12,13)20(16,17)19-15-7-18-9-3-1-8(2-4-9)5-6-14;10-9(11,12)18(15,16)17-14-8(6-13)7-4-2-1-3-5-7/h1-4,7H,5H2;1-5H. The average Bonchev–Trinajstić information content (AvgIpc) is 2.83. The molecule has 0 aliphatic heterocycles. The zero-order valence-corrected chi connectivity index (χ0v) is 19.8. The van der Waals surface area contributed by atoms with E-state index < -0.39 is 37.0 Å².